The molecule has 7 nitrogen and oxygen atoms in total. The van der Waals surface area contributed by atoms with Gasteiger partial charge >= 0.3 is 0 Å². The number of furan rings is 1. The first-order chi connectivity index (χ1) is 11.6. The number of primary amides is 1. The summed E-state index contributed by atoms with van der Waals surface area (Å²) < 4.78 is 7.08. The Labute approximate surface area is 141 Å². The second-order valence-corrected chi connectivity index (χ2v) is 6.53. The van der Waals surface area contributed by atoms with Crippen LogP contribution >= 0.6 is 11.3 Å². The molecule has 1 aliphatic heterocycles. The number of nitrogens with zero attached hydrogens (tertiary/aromatic N) is 3. The second-order valence-electron chi connectivity index (χ2n) is 5.58. The third-order valence-electron chi connectivity index (χ3n) is 4.01. The number of fused-ring (bicyclic) bond motifs is 1. The molecule has 4 heterocycles. The maximum absolute atomic E-state index is 12.1. The maximum atomic E-state index is 12.1. The highest BCUT2D eigenvalue weighted by Gasteiger charge is 2.35. The van der Waals surface area contributed by atoms with Crippen molar-refractivity contribution < 1.29 is 9.21 Å². The molecule has 0 aromatic carbocycles. The van der Waals surface area contributed by atoms with E-state index in [-0.39, 0.29) is 0 Å². The van der Waals surface area contributed by atoms with E-state index in [4.69, 9.17) is 10.2 Å². The predicted molar refractivity (Wildman–Crippen MR) is 90.4 cm³/mol. The van der Waals surface area contributed by atoms with Crippen molar-refractivity contribution in [2.75, 3.05) is 5.32 Å². The van der Waals surface area contributed by atoms with E-state index in [1.165, 1.54) is 0 Å². The van der Waals surface area contributed by atoms with Crippen LogP contribution < -0.4 is 11.1 Å². The molecule has 1 unspecified atom stereocenters. The van der Waals surface area contributed by atoms with Crippen molar-refractivity contribution in [1.29, 1.82) is 0 Å². The van der Waals surface area contributed by atoms with Gasteiger partial charge in [0.2, 0.25) is 17.7 Å². The maximum Gasteiger partial charge on any atom is 0.248 e. The highest BCUT2D eigenvalue weighted by molar-refractivity contribution is 7.10. The number of nitrogens with one attached hydrogen (secondary N) is 1. The van der Waals surface area contributed by atoms with Gasteiger partial charge in [0.25, 0.3) is 0 Å². The van der Waals surface area contributed by atoms with Crippen molar-refractivity contribution in [1.82, 2.24) is 14.8 Å². The molecule has 3 aromatic rings. The van der Waals surface area contributed by atoms with Gasteiger partial charge in [-0.25, -0.2) is 4.68 Å². The van der Waals surface area contributed by atoms with Crippen molar-refractivity contribution in [3.8, 4) is 11.6 Å². The van der Waals surface area contributed by atoms with Crippen LogP contribution in [0.3, 0.4) is 0 Å². The van der Waals surface area contributed by atoms with Gasteiger partial charge < -0.3 is 15.5 Å². The summed E-state index contributed by atoms with van der Waals surface area (Å²) in [5.74, 6) is 1.11. The lowest BCUT2D eigenvalue weighted by atomic mass is 9.99. The first-order valence-corrected chi connectivity index (χ1v) is 8.26. The fourth-order valence-corrected chi connectivity index (χ4v) is 3.91. The average Bonchev–Trinajstić information content (AvgIpc) is 3.24. The smallest absolute Gasteiger partial charge is 0.248 e. The van der Waals surface area contributed by atoms with E-state index in [2.05, 4.69) is 15.4 Å². The highest BCUT2D eigenvalue weighted by Crippen LogP contribution is 2.39. The van der Waals surface area contributed by atoms with Crippen LogP contribution in [0.5, 0.6) is 0 Å². The minimum atomic E-state index is -0.474. The second kappa shape index (κ2) is 5.34. The van der Waals surface area contributed by atoms with Gasteiger partial charge in [0.15, 0.2) is 5.76 Å². The Morgan fingerprint density at radius 2 is 2.25 bits per heavy atom. The molecule has 122 valence electrons. The summed E-state index contributed by atoms with van der Waals surface area (Å²) in [7, 11) is 0. The van der Waals surface area contributed by atoms with E-state index >= 15 is 0 Å². The quantitative estimate of drug-likeness (QED) is 0.763. The molecule has 1 atom stereocenters. The first-order valence-electron chi connectivity index (χ1n) is 7.38. The number of aromatic nitrogens is 3. The molecule has 1 amide bonds. The van der Waals surface area contributed by atoms with E-state index in [0.717, 1.165) is 10.4 Å². The van der Waals surface area contributed by atoms with Crippen LogP contribution in [0.25, 0.3) is 11.6 Å². The topological polar surface area (TPSA) is 99.0 Å². The molecular weight excluding hydrogens is 326 g/mol. The number of hydrogen-bond donors (Lipinski definition) is 2. The van der Waals surface area contributed by atoms with Gasteiger partial charge in [-0.15, -0.1) is 16.4 Å². The molecule has 4 rings (SSSR count). The molecular formula is C16H15N5O2S. The van der Waals surface area contributed by atoms with Crippen LogP contribution in [0.15, 0.2) is 45.5 Å². The molecule has 1 aliphatic rings. The van der Waals surface area contributed by atoms with E-state index in [1.807, 2.05) is 25.3 Å². The summed E-state index contributed by atoms with van der Waals surface area (Å²) in [5.41, 5.74) is 7.91. The monoisotopic (exact) mass is 341 g/mol. The standard InChI is InChI=1S/C16H15N5O2S/c1-8-5-7-24-13(8)12-11(14(17)22)9(2)18-16-19-15(20-21(12)16)10-4-3-6-23-10/h3-7,12H,1-2H3,(H2,17,22)(H,18,19,20). The molecule has 0 fully saturated rings. The van der Waals surface area contributed by atoms with Crippen LogP contribution in [0, 0.1) is 6.92 Å². The van der Waals surface area contributed by atoms with Crippen molar-refractivity contribution in [3.63, 3.8) is 0 Å². The van der Waals surface area contributed by atoms with Gasteiger partial charge in [0.1, 0.15) is 6.04 Å². The molecule has 0 aliphatic carbocycles. The van der Waals surface area contributed by atoms with Crippen molar-refractivity contribution in [3.05, 3.63) is 51.6 Å². The number of carbonyl (C=O) groups is 1. The minimum absolute atomic E-state index is 0.394. The average molecular weight is 341 g/mol. The Morgan fingerprint density at radius 1 is 1.42 bits per heavy atom. The molecule has 8 heteroatoms. The normalized spacial score (nSPS) is 16.8. The third kappa shape index (κ3) is 2.15. The fraction of sp³-hybridized carbons (Fsp3) is 0.188. The minimum Gasteiger partial charge on any atom is -0.461 e. The Bertz CT molecular complexity index is 951. The first kappa shape index (κ1) is 14.7. The number of hydrogen-bond acceptors (Lipinski definition) is 6. The molecule has 0 saturated carbocycles. The van der Waals surface area contributed by atoms with Crippen molar-refractivity contribution >= 4 is 23.2 Å². The molecule has 0 saturated heterocycles. The Morgan fingerprint density at radius 3 is 2.88 bits per heavy atom. The largest absolute Gasteiger partial charge is 0.461 e. The zero-order valence-corrected chi connectivity index (χ0v) is 13.9. The summed E-state index contributed by atoms with van der Waals surface area (Å²) in [6.45, 7) is 3.83. The number of thiophene rings is 1. The number of allylic oxidation sites excluding steroid dienone is 1. The van der Waals surface area contributed by atoms with Crippen LogP contribution in [-0.4, -0.2) is 20.7 Å². The van der Waals surface area contributed by atoms with E-state index in [0.29, 0.717) is 28.8 Å². The molecule has 0 spiro atoms. The zero-order valence-electron chi connectivity index (χ0n) is 13.1. The van der Waals surface area contributed by atoms with Crippen molar-refractivity contribution in [2.45, 2.75) is 19.9 Å². The van der Waals surface area contributed by atoms with Crippen molar-refractivity contribution in [2.24, 2.45) is 5.73 Å². The number of anilines is 1. The lowest BCUT2D eigenvalue weighted by Gasteiger charge is -2.27. The van der Waals surface area contributed by atoms with Gasteiger partial charge in [-0.05, 0) is 43.0 Å². The highest BCUT2D eigenvalue weighted by atomic mass is 32.1. The van der Waals surface area contributed by atoms with Crippen LogP contribution in [0.4, 0.5) is 5.95 Å². The zero-order chi connectivity index (χ0) is 16.8. The van der Waals surface area contributed by atoms with Gasteiger partial charge in [-0.1, -0.05) is 0 Å². The Hall–Kier alpha value is -2.87. The van der Waals surface area contributed by atoms with Crippen LogP contribution in [-0.2, 0) is 4.79 Å². The molecule has 0 bridgehead atoms. The van der Waals surface area contributed by atoms with E-state index < -0.39 is 11.9 Å². The summed E-state index contributed by atoms with van der Waals surface area (Å²) >= 11 is 1.57. The SMILES string of the molecule is CC1=C(C(N)=O)C(c2sccc2C)n2nc(-c3ccco3)nc2N1. The van der Waals surface area contributed by atoms with Gasteiger partial charge in [-0.2, -0.15) is 4.98 Å². The predicted octanol–water partition coefficient (Wildman–Crippen LogP) is 2.68. The number of aryl methyl sites for hydroxylation is 1. The summed E-state index contributed by atoms with van der Waals surface area (Å²) in [6, 6.07) is 5.19. The summed E-state index contributed by atoms with van der Waals surface area (Å²) in [5, 5.41) is 9.66. The van der Waals surface area contributed by atoms with Crippen LogP contribution in [0.1, 0.15) is 23.4 Å². The lowest BCUT2D eigenvalue weighted by Crippen LogP contribution is -2.31. The van der Waals surface area contributed by atoms with Crippen LogP contribution in [0.2, 0.25) is 0 Å². The third-order valence-corrected chi connectivity index (χ3v) is 5.08. The molecule has 0 radical (unpaired) electrons. The van der Waals surface area contributed by atoms with Gasteiger partial charge in [0, 0.05) is 10.6 Å². The number of rotatable bonds is 3. The number of amides is 1. The summed E-state index contributed by atoms with van der Waals surface area (Å²) in [4.78, 5) is 17.6. The molecule has 3 N–H and O–H groups in total. The number of nitrogens with two attached hydrogens (primary N) is 1. The Kier molecular flexibility index (Phi) is 3.27. The lowest BCUT2D eigenvalue weighted by molar-refractivity contribution is -0.115. The van der Waals surface area contributed by atoms with Gasteiger partial charge in [-0.3, -0.25) is 4.79 Å². The molecule has 3 aromatic heterocycles. The number of carbonyl (C=O) groups excluding carboxylic acids is 1. The van der Waals surface area contributed by atoms with E-state index in [9.17, 15) is 4.79 Å². The van der Waals surface area contributed by atoms with E-state index in [1.54, 1.807) is 34.4 Å². The molecule has 24 heavy (non-hydrogen) atoms. The van der Waals surface area contributed by atoms with Gasteiger partial charge in [0.05, 0.1) is 11.8 Å². The Balaban J connectivity index is 1.92. The fourth-order valence-electron chi connectivity index (χ4n) is 2.89. The summed E-state index contributed by atoms with van der Waals surface area (Å²) in [6.07, 6.45) is 1.57.